The highest BCUT2D eigenvalue weighted by molar-refractivity contribution is 6.07. The van der Waals surface area contributed by atoms with Gasteiger partial charge in [-0.1, -0.05) is 29.8 Å². The van der Waals surface area contributed by atoms with Crippen LogP contribution in [0.1, 0.15) is 35.2 Å². The van der Waals surface area contributed by atoms with Gasteiger partial charge in [0.25, 0.3) is 5.91 Å². The third kappa shape index (κ3) is 3.71. The van der Waals surface area contributed by atoms with Crippen molar-refractivity contribution in [3.8, 4) is 5.75 Å². The lowest BCUT2D eigenvalue weighted by atomic mass is 9.87. The molecule has 0 saturated heterocycles. The zero-order valence-electron chi connectivity index (χ0n) is 16.8. The average molecular weight is 379 g/mol. The molecule has 1 aliphatic heterocycles. The standard InChI is InChI=1S/C22H25N3O3/c1-12-10-13(2)18(14(3)11-12)20-19(15(4)23-22(27)25-20)21(26)24-16-8-6-7-9-17(16)28-5/h6-11,20H,1-5H3,(H,24,26)(H2,23,25,27)/t20-/m0/s1. The zero-order chi connectivity index (χ0) is 20.4. The average Bonchev–Trinajstić information content (AvgIpc) is 2.60. The Bertz CT molecular complexity index is 956. The second-order valence-electron chi connectivity index (χ2n) is 7.04. The lowest BCUT2D eigenvalue weighted by molar-refractivity contribution is -0.113. The van der Waals surface area contributed by atoms with Gasteiger partial charge in [0.05, 0.1) is 24.4 Å². The molecule has 146 valence electrons. The number of urea groups is 1. The van der Waals surface area contributed by atoms with Crippen LogP contribution in [-0.2, 0) is 4.79 Å². The molecule has 0 unspecified atom stereocenters. The first kappa shape index (κ1) is 19.5. The Morgan fingerprint density at radius 3 is 2.36 bits per heavy atom. The number of aryl methyl sites for hydroxylation is 3. The third-order valence-electron chi connectivity index (χ3n) is 4.90. The van der Waals surface area contributed by atoms with E-state index in [9.17, 15) is 9.59 Å². The molecule has 6 nitrogen and oxygen atoms in total. The fourth-order valence-electron chi connectivity index (χ4n) is 3.80. The Balaban J connectivity index is 2.04. The van der Waals surface area contributed by atoms with E-state index in [0.29, 0.717) is 22.7 Å². The molecule has 0 aliphatic carbocycles. The van der Waals surface area contributed by atoms with Gasteiger partial charge in [-0.05, 0) is 56.5 Å². The van der Waals surface area contributed by atoms with Crippen LogP contribution in [0.2, 0.25) is 0 Å². The first-order valence-corrected chi connectivity index (χ1v) is 9.12. The van der Waals surface area contributed by atoms with Crippen LogP contribution in [0.5, 0.6) is 5.75 Å². The quantitative estimate of drug-likeness (QED) is 0.754. The SMILES string of the molecule is COc1ccccc1NC(=O)C1=C(C)NC(=O)N[C@H]1c1c(C)cc(C)cc1C. The van der Waals surface area contributed by atoms with Crippen molar-refractivity contribution >= 4 is 17.6 Å². The van der Waals surface area contributed by atoms with E-state index in [0.717, 1.165) is 22.3 Å². The van der Waals surface area contributed by atoms with Crippen molar-refractivity contribution in [2.75, 3.05) is 12.4 Å². The van der Waals surface area contributed by atoms with E-state index in [1.54, 1.807) is 26.2 Å². The Hall–Kier alpha value is -3.28. The molecular formula is C22H25N3O3. The molecule has 6 heteroatoms. The first-order valence-electron chi connectivity index (χ1n) is 9.12. The number of ether oxygens (including phenoxy) is 1. The van der Waals surface area contributed by atoms with Crippen LogP contribution in [0.3, 0.4) is 0 Å². The van der Waals surface area contributed by atoms with Gasteiger partial charge in [0.2, 0.25) is 0 Å². The summed E-state index contributed by atoms with van der Waals surface area (Å²) in [4.78, 5) is 25.4. The largest absolute Gasteiger partial charge is 0.495 e. The molecule has 0 bridgehead atoms. The topological polar surface area (TPSA) is 79.5 Å². The maximum Gasteiger partial charge on any atom is 0.319 e. The molecule has 2 aromatic carbocycles. The number of carbonyl (C=O) groups excluding carboxylic acids is 2. The number of allylic oxidation sites excluding steroid dienone is 1. The summed E-state index contributed by atoms with van der Waals surface area (Å²) in [5.74, 6) is 0.278. The van der Waals surface area contributed by atoms with Gasteiger partial charge in [0.15, 0.2) is 0 Å². The summed E-state index contributed by atoms with van der Waals surface area (Å²) in [6.45, 7) is 7.76. The molecule has 0 radical (unpaired) electrons. The van der Waals surface area contributed by atoms with Crippen LogP contribution >= 0.6 is 0 Å². The van der Waals surface area contributed by atoms with E-state index in [4.69, 9.17) is 4.74 Å². The Kier molecular flexibility index (Phi) is 5.40. The Labute approximate surface area is 165 Å². The molecule has 0 spiro atoms. The summed E-state index contributed by atoms with van der Waals surface area (Å²) < 4.78 is 5.32. The second-order valence-corrected chi connectivity index (χ2v) is 7.04. The van der Waals surface area contributed by atoms with Crippen LogP contribution in [0.4, 0.5) is 10.5 Å². The van der Waals surface area contributed by atoms with Crippen LogP contribution in [0.25, 0.3) is 0 Å². The maximum absolute atomic E-state index is 13.2. The number of amides is 3. The van der Waals surface area contributed by atoms with Crippen molar-refractivity contribution in [2.45, 2.75) is 33.7 Å². The number of rotatable bonds is 4. The molecule has 1 atom stereocenters. The molecule has 1 aliphatic rings. The normalized spacial score (nSPS) is 16.3. The van der Waals surface area contributed by atoms with Gasteiger partial charge >= 0.3 is 6.03 Å². The zero-order valence-corrected chi connectivity index (χ0v) is 16.8. The van der Waals surface area contributed by atoms with E-state index >= 15 is 0 Å². The van der Waals surface area contributed by atoms with Gasteiger partial charge in [-0.3, -0.25) is 4.79 Å². The van der Waals surface area contributed by atoms with Gasteiger partial charge in [-0.25, -0.2) is 4.79 Å². The second kappa shape index (κ2) is 7.76. The lowest BCUT2D eigenvalue weighted by Crippen LogP contribution is -2.46. The van der Waals surface area contributed by atoms with Crippen molar-refractivity contribution < 1.29 is 14.3 Å². The van der Waals surface area contributed by atoms with Crippen LogP contribution in [-0.4, -0.2) is 19.0 Å². The van der Waals surface area contributed by atoms with E-state index in [2.05, 4.69) is 28.1 Å². The summed E-state index contributed by atoms with van der Waals surface area (Å²) in [6.07, 6.45) is 0. The Morgan fingerprint density at radius 1 is 1.07 bits per heavy atom. The third-order valence-corrected chi connectivity index (χ3v) is 4.90. The minimum atomic E-state index is -0.538. The van der Waals surface area contributed by atoms with Crippen LogP contribution in [0.15, 0.2) is 47.7 Å². The van der Waals surface area contributed by atoms with Gasteiger partial charge in [-0.2, -0.15) is 0 Å². The minimum absolute atomic E-state index is 0.293. The molecule has 3 amide bonds. The van der Waals surface area contributed by atoms with E-state index < -0.39 is 6.04 Å². The summed E-state index contributed by atoms with van der Waals surface area (Å²) in [6, 6.07) is 10.5. The number of anilines is 1. The molecule has 1 heterocycles. The number of carbonyl (C=O) groups is 2. The lowest BCUT2D eigenvalue weighted by Gasteiger charge is -2.31. The summed E-state index contributed by atoms with van der Waals surface area (Å²) in [5.41, 5.74) is 5.70. The monoisotopic (exact) mass is 379 g/mol. The minimum Gasteiger partial charge on any atom is -0.495 e. The van der Waals surface area contributed by atoms with E-state index in [1.807, 2.05) is 32.9 Å². The summed E-state index contributed by atoms with van der Waals surface area (Å²) in [7, 11) is 1.56. The summed E-state index contributed by atoms with van der Waals surface area (Å²) in [5, 5.41) is 8.54. The highest BCUT2D eigenvalue weighted by Crippen LogP contribution is 2.33. The first-order chi connectivity index (χ1) is 13.3. The smallest absolute Gasteiger partial charge is 0.319 e. The van der Waals surface area contributed by atoms with Crippen molar-refractivity contribution in [3.05, 3.63) is 69.9 Å². The highest BCUT2D eigenvalue weighted by atomic mass is 16.5. The fraction of sp³-hybridized carbons (Fsp3) is 0.273. The number of hydrogen-bond acceptors (Lipinski definition) is 3. The van der Waals surface area contributed by atoms with Gasteiger partial charge < -0.3 is 20.7 Å². The van der Waals surface area contributed by atoms with Crippen molar-refractivity contribution in [1.29, 1.82) is 0 Å². The predicted molar refractivity (Wildman–Crippen MR) is 109 cm³/mol. The van der Waals surface area contributed by atoms with Crippen LogP contribution in [0, 0.1) is 20.8 Å². The molecule has 2 aromatic rings. The number of methoxy groups -OCH3 is 1. The van der Waals surface area contributed by atoms with Crippen molar-refractivity contribution in [3.63, 3.8) is 0 Å². The molecule has 0 aromatic heterocycles. The molecule has 0 saturated carbocycles. The number of nitrogens with one attached hydrogen (secondary N) is 3. The van der Waals surface area contributed by atoms with Crippen molar-refractivity contribution in [1.82, 2.24) is 10.6 Å². The summed E-state index contributed by atoms with van der Waals surface area (Å²) >= 11 is 0. The van der Waals surface area contributed by atoms with Crippen molar-refractivity contribution in [2.24, 2.45) is 0 Å². The number of para-hydroxylation sites is 2. The van der Waals surface area contributed by atoms with Gasteiger partial charge in [0.1, 0.15) is 5.75 Å². The van der Waals surface area contributed by atoms with Gasteiger partial charge in [-0.15, -0.1) is 0 Å². The number of hydrogen-bond donors (Lipinski definition) is 3. The highest BCUT2D eigenvalue weighted by Gasteiger charge is 2.33. The molecule has 3 rings (SSSR count). The predicted octanol–water partition coefficient (Wildman–Crippen LogP) is 3.89. The molecular weight excluding hydrogens is 354 g/mol. The molecule has 28 heavy (non-hydrogen) atoms. The maximum atomic E-state index is 13.2. The van der Waals surface area contributed by atoms with E-state index in [1.165, 1.54) is 0 Å². The number of benzene rings is 2. The molecule has 0 fully saturated rings. The Morgan fingerprint density at radius 2 is 1.71 bits per heavy atom. The van der Waals surface area contributed by atoms with Gasteiger partial charge in [0, 0.05) is 5.70 Å². The molecule has 3 N–H and O–H groups in total. The van der Waals surface area contributed by atoms with Crippen LogP contribution < -0.4 is 20.7 Å². The van der Waals surface area contributed by atoms with E-state index in [-0.39, 0.29) is 11.9 Å². The fourth-order valence-corrected chi connectivity index (χ4v) is 3.80.